The second-order valence-electron chi connectivity index (χ2n) is 6.55. The molecule has 1 saturated heterocycles. The fourth-order valence-electron chi connectivity index (χ4n) is 3.17. The van der Waals surface area contributed by atoms with Gasteiger partial charge < -0.3 is 4.90 Å². The summed E-state index contributed by atoms with van der Waals surface area (Å²) in [4.78, 5) is 7.26. The number of anilines is 1. The van der Waals surface area contributed by atoms with Gasteiger partial charge in [0, 0.05) is 42.5 Å². The first kappa shape index (κ1) is 19.6. The Morgan fingerprint density at radius 1 is 0.964 bits per heavy atom. The Morgan fingerprint density at radius 2 is 1.64 bits per heavy atom. The Kier molecular flexibility index (Phi) is 5.82. The van der Waals surface area contributed by atoms with Crippen LogP contribution in [0.5, 0.6) is 0 Å². The maximum Gasteiger partial charge on any atom is 0.243 e. The molecule has 1 fully saturated rings. The van der Waals surface area contributed by atoms with Gasteiger partial charge in [0.2, 0.25) is 10.0 Å². The third-order valence-electron chi connectivity index (χ3n) is 4.79. The SMILES string of the molecule is O=S(=O)(c1ccc(CBr)cc1)N1CCN(c2nc(-c3ccccc3)cs2)CC1. The summed E-state index contributed by atoms with van der Waals surface area (Å²) in [7, 11) is -3.46. The summed E-state index contributed by atoms with van der Waals surface area (Å²) in [5.41, 5.74) is 3.11. The van der Waals surface area contributed by atoms with E-state index in [0.29, 0.717) is 36.4 Å². The number of nitrogens with zero attached hydrogens (tertiary/aromatic N) is 3. The monoisotopic (exact) mass is 477 g/mol. The van der Waals surface area contributed by atoms with Crippen LogP contribution in [0.3, 0.4) is 0 Å². The Labute approximate surface area is 177 Å². The minimum atomic E-state index is -3.46. The molecular formula is C20H20BrN3O2S2. The van der Waals surface area contributed by atoms with Gasteiger partial charge in [-0.3, -0.25) is 0 Å². The van der Waals surface area contributed by atoms with Gasteiger partial charge >= 0.3 is 0 Å². The molecule has 146 valence electrons. The van der Waals surface area contributed by atoms with Crippen LogP contribution in [0.4, 0.5) is 5.13 Å². The summed E-state index contributed by atoms with van der Waals surface area (Å²) in [6, 6.07) is 17.1. The predicted octanol–water partition coefficient (Wildman–Crippen LogP) is 4.22. The summed E-state index contributed by atoms with van der Waals surface area (Å²) < 4.78 is 27.4. The number of hydrogen-bond donors (Lipinski definition) is 0. The van der Waals surface area contributed by atoms with Crippen molar-refractivity contribution in [2.24, 2.45) is 0 Å². The first-order valence-electron chi connectivity index (χ1n) is 8.99. The van der Waals surface area contributed by atoms with Gasteiger partial charge in [0.15, 0.2) is 5.13 Å². The van der Waals surface area contributed by atoms with E-state index in [1.54, 1.807) is 27.8 Å². The second-order valence-corrected chi connectivity index (χ2v) is 9.89. The molecule has 0 aliphatic carbocycles. The molecule has 1 aliphatic rings. The molecule has 5 nitrogen and oxygen atoms in total. The third-order valence-corrected chi connectivity index (χ3v) is 8.25. The number of rotatable bonds is 5. The van der Waals surface area contributed by atoms with Crippen LogP contribution in [0.15, 0.2) is 64.9 Å². The average Bonchev–Trinajstić information content (AvgIpc) is 3.25. The lowest BCUT2D eigenvalue weighted by atomic mass is 10.2. The molecule has 0 amide bonds. The molecule has 1 aromatic heterocycles. The molecule has 4 rings (SSSR count). The number of thiazole rings is 1. The fraction of sp³-hybridized carbons (Fsp3) is 0.250. The lowest BCUT2D eigenvalue weighted by Gasteiger charge is -2.33. The van der Waals surface area contributed by atoms with E-state index in [1.807, 2.05) is 42.5 Å². The molecule has 8 heteroatoms. The van der Waals surface area contributed by atoms with E-state index in [-0.39, 0.29) is 0 Å². The van der Waals surface area contributed by atoms with Crippen molar-refractivity contribution in [1.29, 1.82) is 0 Å². The predicted molar refractivity (Wildman–Crippen MR) is 118 cm³/mol. The molecule has 2 aromatic carbocycles. The van der Waals surface area contributed by atoms with Crippen molar-refractivity contribution in [3.63, 3.8) is 0 Å². The Morgan fingerprint density at radius 3 is 2.29 bits per heavy atom. The molecule has 1 aliphatic heterocycles. The van der Waals surface area contributed by atoms with E-state index in [2.05, 4.69) is 26.2 Å². The standard InChI is InChI=1S/C20H20BrN3O2S2/c21-14-16-6-8-18(9-7-16)28(25,26)24-12-10-23(11-13-24)20-22-19(15-27-20)17-4-2-1-3-5-17/h1-9,15H,10-14H2. The van der Waals surface area contributed by atoms with E-state index in [4.69, 9.17) is 4.98 Å². The average molecular weight is 478 g/mol. The summed E-state index contributed by atoms with van der Waals surface area (Å²) >= 11 is 4.99. The minimum Gasteiger partial charge on any atom is -0.345 e. The summed E-state index contributed by atoms with van der Waals surface area (Å²) in [6.07, 6.45) is 0. The highest BCUT2D eigenvalue weighted by molar-refractivity contribution is 9.08. The highest BCUT2D eigenvalue weighted by Crippen LogP contribution is 2.28. The van der Waals surface area contributed by atoms with Crippen LogP contribution >= 0.6 is 27.3 Å². The lowest BCUT2D eigenvalue weighted by molar-refractivity contribution is 0.385. The zero-order chi connectivity index (χ0) is 19.6. The molecular weight excluding hydrogens is 458 g/mol. The number of benzene rings is 2. The van der Waals surface area contributed by atoms with Crippen LogP contribution in [0.1, 0.15) is 5.56 Å². The van der Waals surface area contributed by atoms with Gasteiger partial charge in [0.25, 0.3) is 0 Å². The molecule has 28 heavy (non-hydrogen) atoms. The van der Waals surface area contributed by atoms with Crippen molar-refractivity contribution in [3.05, 3.63) is 65.5 Å². The van der Waals surface area contributed by atoms with Gasteiger partial charge in [-0.2, -0.15) is 4.31 Å². The van der Waals surface area contributed by atoms with Gasteiger partial charge in [0.1, 0.15) is 0 Å². The number of piperazine rings is 1. The molecule has 3 aromatic rings. The summed E-state index contributed by atoms with van der Waals surface area (Å²) in [5, 5.41) is 3.71. The van der Waals surface area contributed by atoms with E-state index < -0.39 is 10.0 Å². The first-order chi connectivity index (χ1) is 13.6. The molecule has 0 atom stereocenters. The van der Waals surface area contributed by atoms with Gasteiger partial charge in [-0.1, -0.05) is 58.4 Å². The number of alkyl halides is 1. The summed E-state index contributed by atoms with van der Waals surface area (Å²) in [6.45, 7) is 2.20. The fourth-order valence-corrected chi connectivity index (χ4v) is 5.85. The second kappa shape index (κ2) is 8.32. The lowest BCUT2D eigenvalue weighted by Crippen LogP contribution is -2.48. The van der Waals surface area contributed by atoms with Gasteiger partial charge in [0.05, 0.1) is 10.6 Å². The Balaban J connectivity index is 1.44. The van der Waals surface area contributed by atoms with Crippen molar-refractivity contribution in [2.75, 3.05) is 31.1 Å². The maximum atomic E-state index is 12.9. The zero-order valence-electron chi connectivity index (χ0n) is 15.2. The quantitative estimate of drug-likeness (QED) is 0.516. The van der Waals surface area contributed by atoms with Crippen molar-refractivity contribution >= 4 is 42.4 Å². The molecule has 0 radical (unpaired) electrons. The Hall–Kier alpha value is -1.74. The van der Waals surface area contributed by atoms with E-state index >= 15 is 0 Å². The number of hydrogen-bond acceptors (Lipinski definition) is 5. The minimum absolute atomic E-state index is 0.353. The molecule has 2 heterocycles. The molecule has 0 N–H and O–H groups in total. The highest BCUT2D eigenvalue weighted by Gasteiger charge is 2.29. The highest BCUT2D eigenvalue weighted by atomic mass is 79.9. The molecule has 0 unspecified atom stereocenters. The van der Waals surface area contributed by atoms with Crippen LogP contribution in [0.2, 0.25) is 0 Å². The van der Waals surface area contributed by atoms with Crippen molar-refractivity contribution in [2.45, 2.75) is 10.2 Å². The Bertz CT molecular complexity index is 1030. The molecule has 0 bridgehead atoms. The van der Waals surface area contributed by atoms with E-state index in [9.17, 15) is 8.42 Å². The third kappa shape index (κ3) is 4.00. The van der Waals surface area contributed by atoms with Crippen LogP contribution in [0.25, 0.3) is 11.3 Å². The van der Waals surface area contributed by atoms with Crippen molar-refractivity contribution in [1.82, 2.24) is 9.29 Å². The van der Waals surface area contributed by atoms with Gasteiger partial charge in [-0.15, -0.1) is 11.3 Å². The number of sulfonamides is 1. The molecule has 0 spiro atoms. The van der Waals surface area contributed by atoms with Crippen LogP contribution in [-0.4, -0.2) is 43.9 Å². The van der Waals surface area contributed by atoms with Crippen LogP contribution < -0.4 is 4.90 Å². The van der Waals surface area contributed by atoms with Crippen molar-refractivity contribution in [3.8, 4) is 11.3 Å². The maximum absolute atomic E-state index is 12.9. The van der Waals surface area contributed by atoms with E-state index in [0.717, 1.165) is 22.0 Å². The summed E-state index contributed by atoms with van der Waals surface area (Å²) in [5.74, 6) is 0. The number of aromatic nitrogens is 1. The van der Waals surface area contributed by atoms with Crippen molar-refractivity contribution < 1.29 is 8.42 Å². The zero-order valence-corrected chi connectivity index (χ0v) is 18.4. The molecule has 0 saturated carbocycles. The van der Waals surface area contributed by atoms with Gasteiger partial charge in [-0.05, 0) is 17.7 Å². The topological polar surface area (TPSA) is 53.5 Å². The van der Waals surface area contributed by atoms with Crippen LogP contribution in [0, 0.1) is 0 Å². The van der Waals surface area contributed by atoms with E-state index in [1.165, 1.54) is 0 Å². The van der Waals surface area contributed by atoms with Crippen LogP contribution in [-0.2, 0) is 15.4 Å². The van der Waals surface area contributed by atoms with Gasteiger partial charge in [-0.25, -0.2) is 13.4 Å². The largest absolute Gasteiger partial charge is 0.345 e. The first-order valence-corrected chi connectivity index (χ1v) is 12.4. The smallest absolute Gasteiger partial charge is 0.243 e. The number of halogens is 1. The normalized spacial score (nSPS) is 15.7.